The summed E-state index contributed by atoms with van der Waals surface area (Å²) in [6, 6.07) is 5.96. The van der Waals surface area contributed by atoms with Gasteiger partial charge >= 0.3 is 0 Å². The number of nitrogens with zero attached hydrogens (tertiary/aromatic N) is 3. The highest BCUT2D eigenvalue weighted by Gasteiger charge is 2.39. The van der Waals surface area contributed by atoms with E-state index < -0.39 is 6.17 Å². The van der Waals surface area contributed by atoms with Crippen molar-refractivity contribution in [1.29, 1.82) is 0 Å². The van der Waals surface area contributed by atoms with Crippen molar-refractivity contribution < 1.29 is 9.18 Å². The summed E-state index contributed by atoms with van der Waals surface area (Å²) in [5.41, 5.74) is 5.94. The maximum atomic E-state index is 13.0. The maximum absolute atomic E-state index is 13.0. The van der Waals surface area contributed by atoms with Crippen molar-refractivity contribution in [2.75, 3.05) is 0 Å². The molecule has 1 aromatic rings. The third-order valence-electron chi connectivity index (χ3n) is 3.02. The van der Waals surface area contributed by atoms with Gasteiger partial charge in [0.25, 0.3) is 5.91 Å². The number of amides is 1. The van der Waals surface area contributed by atoms with Crippen LogP contribution in [-0.4, -0.2) is 28.6 Å². The number of carbonyl (C=O) groups is 1. The van der Waals surface area contributed by atoms with E-state index in [4.69, 9.17) is 0 Å². The van der Waals surface area contributed by atoms with Crippen LogP contribution >= 0.6 is 0 Å². The number of halogens is 1. The predicted octanol–water partition coefficient (Wildman–Crippen LogP) is 0.572. The van der Waals surface area contributed by atoms with Crippen LogP contribution in [0.25, 0.3) is 0 Å². The molecule has 0 saturated heterocycles. The van der Waals surface area contributed by atoms with E-state index in [1.807, 2.05) is 6.92 Å². The van der Waals surface area contributed by atoms with Crippen LogP contribution in [-0.2, 0) is 4.79 Å². The molecule has 1 amide bonds. The Morgan fingerprint density at radius 2 is 2.05 bits per heavy atom. The Hall–Kier alpha value is -2.44. The van der Waals surface area contributed by atoms with Gasteiger partial charge in [0.15, 0.2) is 5.84 Å². The van der Waals surface area contributed by atoms with Gasteiger partial charge in [0, 0.05) is 12.0 Å². The number of hydrogen-bond acceptors (Lipinski definition) is 5. The van der Waals surface area contributed by atoms with Gasteiger partial charge in [0.2, 0.25) is 6.17 Å². The fraction of sp³-hybridized carbons (Fsp3) is 0.250. The molecule has 1 atom stereocenters. The van der Waals surface area contributed by atoms with Gasteiger partial charge in [-0.2, -0.15) is 10.2 Å². The molecule has 0 aromatic heterocycles. The molecule has 1 aromatic carbocycles. The normalized spacial score (nSPS) is 21.3. The van der Waals surface area contributed by atoms with Crippen LogP contribution in [0.4, 0.5) is 4.39 Å². The number of hydrogen-bond donors (Lipinski definition) is 2. The number of carbonyl (C=O) groups excluding carboxylic acids is 1. The highest BCUT2D eigenvalue weighted by atomic mass is 19.1. The lowest BCUT2D eigenvalue weighted by molar-refractivity contribution is -0.125. The second-order valence-corrected chi connectivity index (χ2v) is 4.20. The fourth-order valence-corrected chi connectivity index (χ4v) is 2.09. The first-order valence-electron chi connectivity index (χ1n) is 5.95. The molecule has 2 aliphatic rings. The predicted molar refractivity (Wildman–Crippen MR) is 67.6 cm³/mol. The highest BCUT2D eigenvalue weighted by molar-refractivity contribution is 6.14. The van der Waals surface area contributed by atoms with Crippen molar-refractivity contribution in [1.82, 2.24) is 15.8 Å². The quantitative estimate of drug-likeness (QED) is 0.818. The number of rotatable bonds is 2. The lowest BCUT2D eigenvalue weighted by atomic mass is 10.1. The maximum Gasteiger partial charge on any atom is 0.285 e. The zero-order chi connectivity index (χ0) is 13.4. The number of benzene rings is 1. The van der Waals surface area contributed by atoms with E-state index in [-0.39, 0.29) is 11.7 Å². The third-order valence-corrected chi connectivity index (χ3v) is 3.02. The van der Waals surface area contributed by atoms with E-state index >= 15 is 0 Å². The van der Waals surface area contributed by atoms with Crippen LogP contribution in [0, 0.1) is 5.82 Å². The second-order valence-electron chi connectivity index (χ2n) is 4.20. The highest BCUT2D eigenvalue weighted by Crippen LogP contribution is 2.18. The van der Waals surface area contributed by atoms with Crippen molar-refractivity contribution in [2.24, 2.45) is 10.2 Å². The average molecular weight is 261 g/mol. The Balaban J connectivity index is 1.99. The van der Waals surface area contributed by atoms with E-state index in [1.54, 1.807) is 17.0 Å². The van der Waals surface area contributed by atoms with E-state index in [1.165, 1.54) is 12.1 Å². The molecule has 0 bridgehead atoms. The number of hydrazone groups is 2. The molecular formula is C12H12FN5O. The Kier molecular flexibility index (Phi) is 2.66. The van der Waals surface area contributed by atoms with Crippen molar-refractivity contribution in [2.45, 2.75) is 19.5 Å². The first-order chi connectivity index (χ1) is 9.20. The Morgan fingerprint density at radius 1 is 1.32 bits per heavy atom. The molecule has 1 unspecified atom stereocenters. The molecule has 0 fully saturated rings. The van der Waals surface area contributed by atoms with E-state index in [0.29, 0.717) is 18.1 Å². The van der Waals surface area contributed by atoms with Gasteiger partial charge in [-0.3, -0.25) is 15.1 Å². The Labute approximate surface area is 109 Å². The topological polar surface area (TPSA) is 69.1 Å². The number of fused-ring (bicyclic) bond motifs is 1. The summed E-state index contributed by atoms with van der Waals surface area (Å²) < 4.78 is 13.0. The lowest BCUT2D eigenvalue weighted by Gasteiger charge is -2.29. The van der Waals surface area contributed by atoms with Crippen LogP contribution in [0.2, 0.25) is 0 Å². The second kappa shape index (κ2) is 4.34. The molecule has 0 radical (unpaired) electrons. The van der Waals surface area contributed by atoms with Crippen LogP contribution < -0.4 is 10.9 Å². The molecule has 19 heavy (non-hydrogen) atoms. The molecule has 2 N–H and O–H groups in total. The van der Waals surface area contributed by atoms with Gasteiger partial charge in [-0.15, -0.1) is 0 Å². The Bertz CT molecular complexity index is 580. The van der Waals surface area contributed by atoms with Crippen molar-refractivity contribution >= 4 is 17.6 Å². The van der Waals surface area contributed by atoms with Gasteiger partial charge in [0.05, 0.1) is 0 Å². The monoisotopic (exact) mass is 261 g/mol. The van der Waals surface area contributed by atoms with Crippen LogP contribution in [0.3, 0.4) is 0 Å². The average Bonchev–Trinajstić information content (AvgIpc) is 2.86. The molecule has 0 aliphatic carbocycles. The molecule has 2 heterocycles. The van der Waals surface area contributed by atoms with E-state index in [2.05, 4.69) is 21.1 Å². The summed E-state index contributed by atoms with van der Waals surface area (Å²) >= 11 is 0. The summed E-state index contributed by atoms with van der Waals surface area (Å²) in [5, 5.41) is 8.17. The van der Waals surface area contributed by atoms with Crippen LogP contribution in [0.5, 0.6) is 0 Å². The third kappa shape index (κ3) is 1.83. The van der Waals surface area contributed by atoms with Gasteiger partial charge in [0.1, 0.15) is 11.7 Å². The van der Waals surface area contributed by atoms with Gasteiger partial charge in [-0.25, -0.2) is 9.82 Å². The molecule has 3 rings (SSSR count). The number of nitrogens with one attached hydrogen (secondary N) is 2. The minimum absolute atomic E-state index is 0.266. The summed E-state index contributed by atoms with van der Waals surface area (Å²) in [4.78, 5) is 13.4. The van der Waals surface area contributed by atoms with Crippen molar-refractivity contribution in [3.63, 3.8) is 0 Å². The lowest BCUT2D eigenvalue weighted by Crippen LogP contribution is -2.56. The largest absolute Gasteiger partial charge is 0.285 e. The molecule has 0 spiro atoms. The summed E-state index contributed by atoms with van der Waals surface area (Å²) in [6.07, 6.45) is 0.0612. The summed E-state index contributed by atoms with van der Waals surface area (Å²) in [7, 11) is 0. The molecule has 2 aliphatic heterocycles. The van der Waals surface area contributed by atoms with Crippen LogP contribution in [0.1, 0.15) is 18.9 Å². The molecule has 7 heteroatoms. The number of amidine groups is 2. The molecule has 6 nitrogen and oxygen atoms in total. The molecular weight excluding hydrogens is 249 g/mol. The van der Waals surface area contributed by atoms with Gasteiger partial charge in [-0.05, 0) is 24.3 Å². The SMILES string of the molecule is CCC1=NNC(=O)C2NN=C(c3ccc(F)cc3)N12. The minimum atomic E-state index is -0.590. The van der Waals surface area contributed by atoms with E-state index in [0.717, 1.165) is 5.56 Å². The summed E-state index contributed by atoms with van der Waals surface area (Å²) in [5.74, 6) is 0.698. The zero-order valence-corrected chi connectivity index (χ0v) is 10.2. The molecule has 98 valence electrons. The zero-order valence-electron chi connectivity index (χ0n) is 10.2. The van der Waals surface area contributed by atoms with Crippen molar-refractivity contribution in [3.8, 4) is 0 Å². The fourth-order valence-electron chi connectivity index (χ4n) is 2.09. The molecule has 0 saturated carbocycles. The minimum Gasteiger partial charge on any atom is -0.280 e. The Morgan fingerprint density at radius 3 is 2.74 bits per heavy atom. The van der Waals surface area contributed by atoms with E-state index in [9.17, 15) is 9.18 Å². The summed E-state index contributed by atoms with van der Waals surface area (Å²) in [6.45, 7) is 1.94. The smallest absolute Gasteiger partial charge is 0.280 e. The van der Waals surface area contributed by atoms with Gasteiger partial charge in [-0.1, -0.05) is 6.92 Å². The van der Waals surface area contributed by atoms with Crippen molar-refractivity contribution in [3.05, 3.63) is 35.6 Å². The first kappa shape index (κ1) is 11.6. The standard InChI is InChI=1S/C12H12FN5O/c1-2-9-14-17-12(19)11-16-15-10(18(9)11)7-3-5-8(13)6-4-7/h3-6,11,16H,2H2,1H3,(H,17,19). The van der Waals surface area contributed by atoms with Gasteiger partial charge < -0.3 is 0 Å². The first-order valence-corrected chi connectivity index (χ1v) is 5.95. The van der Waals surface area contributed by atoms with Crippen LogP contribution in [0.15, 0.2) is 34.5 Å².